The molecule has 0 saturated heterocycles. The van der Waals surface area contributed by atoms with Crippen LogP contribution >= 0.6 is 0 Å². The number of aliphatic carboxylic acids is 1. The van der Waals surface area contributed by atoms with Crippen LogP contribution in [0.15, 0.2) is 12.2 Å². The van der Waals surface area contributed by atoms with E-state index in [0.717, 1.165) is 25.7 Å². The Morgan fingerprint density at radius 1 is 0.679 bits per heavy atom. The number of hydrogen-bond acceptors (Lipinski definition) is 2. The van der Waals surface area contributed by atoms with E-state index in [2.05, 4.69) is 24.4 Å². The van der Waals surface area contributed by atoms with Gasteiger partial charge in [0.15, 0.2) is 0 Å². The molecule has 4 nitrogen and oxygen atoms in total. The molecular weight excluding hydrogens is 350 g/mol. The molecule has 0 atom stereocenters. The summed E-state index contributed by atoms with van der Waals surface area (Å²) in [5, 5.41) is 11.5. The van der Waals surface area contributed by atoms with Crippen LogP contribution < -0.4 is 5.32 Å². The lowest BCUT2D eigenvalue weighted by Gasteiger charge is -2.05. The van der Waals surface area contributed by atoms with Gasteiger partial charge < -0.3 is 10.4 Å². The standard InChI is InChI=1S/C24H45NO3/c1-2-3-4-5-6-7-8-9-10-11-12-13-14-15-17-20-23(26)25-22-19-16-18-21-24(27)28/h9-10H,2-8,11-22H2,1H3,(H,25,26)(H,27,28)/b10-9-. The van der Waals surface area contributed by atoms with Gasteiger partial charge in [0.25, 0.3) is 0 Å². The average Bonchev–Trinajstić information content (AvgIpc) is 2.67. The molecule has 0 aromatic rings. The quantitative estimate of drug-likeness (QED) is 0.166. The molecule has 0 fully saturated rings. The summed E-state index contributed by atoms with van der Waals surface area (Å²) in [4.78, 5) is 22.1. The van der Waals surface area contributed by atoms with E-state index in [4.69, 9.17) is 5.11 Å². The van der Waals surface area contributed by atoms with Gasteiger partial charge in [-0.05, 0) is 44.9 Å². The van der Waals surface area contributed by atoms with Crippen LogP contribution in [0.4, 0.5) is 0 Å². The third-order valence-corrected chi connectivity index (χ3v) is 5.06. The maximum atomic E-state index is 11.7. The van der Waals surface area contributed by atoms with Crippen LogP contribution in [0, 0.1) is 0 Å². The number of hydrogen-bond donors (Lipinski definition) is 2. The van der Waals surface area contributed by atoms with Crippen molar-refractivity contribution >= 4 is 11.9 Å². The van der Waals surface area contributed by atoms with Gasteiger partial charge in [-0.25, -0.2) is 0 Å². The third-order valence-electron chi connectivity index (χ3n) is 5.06. The van der Waals surface area contributed by atoms with Crippen LogP contribution in [0.2, 0.25) is 0 Å². The van der Waals surface area contributed by atoms with E-state index >= 15 is 0 Å². The van der Waals surface area contributed by atoms with Gasteiger partial charge in [-0.3, -0.25) is 9.59 Å². The molecule has 0 bridgehead atoms. The van der Waals surface area contributed by atoms with Crippen molar-refractivity contribution in [1.82, 2.24) is 5.32 Å². The number of nitrogens with one attached hydrogen (secondary N) is 1. The van der Waals surface area contributed by atoms with Gasteiger partial charge in [0.05, 0.1) is 0 Å². The van der Waals surface area contributed by atoms with Gasteiger partial charge in [-0.15, -0.1) is 0 Å². The van der Waals surface area contributed by atoms with Crippen molar-refractivity contribution in [1.29, 1.82) is 0 Å². The molecule has 0 aromatic heterocycles. The van der Waals surface area contributed by atoms with Gasteiger partial charge in [-0.2, -0.15) is 0 Å². The van der Waals surface area contributed by atoms with Crippen molar-refractivity contribution in [2.24, 2.45) is 0 Å². The zero-order valence-electron chi connectivity index (χ0n) is 18.4. The molecule has 28 heavy (non-hydrogen) atoms. The normalized spacial score (nSPS) is 11.2. The van der Waals surface area contributed by atoms with Crippen molar-refractivity contribution in [3.8, 4) is 0 Å². The molecule has 4 heteroatoms. The molecule has 0 saturated carbocycles. The topological polar surface area (TPSA) is 66.4 Å². The molecule has 0 aliphatic heterocycles. The molecule has 0 unspecified atom stereocenters. The Balaban J connectivity index is 3.22. The van der Waals surface area contributed by atoms with Crippen LogP contribution in [0.25, 0.3) is 0 Å². The summed E-state index contributed by atoms with van der Waals surface area (Å²) in [6.45, 7) is 2.93. The first kappa shape index (κ1) is 26.7. The predicted molar refractivity (Wildman–Crippen MR) is 119 cm³/mol. The van der Waals surface area contributed by atoms with Crippen LogP contribution in [0.1, 0.15) is 122 Å². The molecule has 164 valence electrons. The van der Waals surface area contributed by atoms with E-state index in [1.165, 1.54) is 70.6 Å². The first-order chi connectivity index (χ1) is 13.7. The Morgan fingerprint density at radius 3 is 1.79 bits per heavy atom. The summed E-state index contributed by atoms with van der Waals surface area (Å²) in [6, 6.07) is 0. The van der Waals surface area contributed by atoms with E-state index in [-0.39, 0.29) is 12.3 Å². The van der Waals surface area contributed by atoms with Crippen LogP contribution in [-0.4, -0.2) is 23.5 Å². The fraction of sp³-hybridized carbons (Fsp3) is 0.833. The Morgan fingerprint density at radius 2 is 1.18 bits per heavy atom. The van der Waals surface area contributed by atoms with E-state index in [9.17, 15) is 9.59 Å². The Kier molecular flexibility index (Phi) is 20.9. The molecular formula is C24H45NO3. The number of allylic oxidation sites excluding steroid dienone is 2. The van der Waals surface area contributed by atoms with Gasteiger partial charge in [0.1, 0.15) is 0 Å². The lowest BCUT2D eigenvalue weighted by Crippen LogP contribution is -2.23. The maximum Gasteiger partial charge on any atom is 0.303 e. The number of carbonyl (C=O) groups is 2. The summed E-state index contributed by atoms with van der Waals surface area (Å²) in [5.41, 5.74) is 0. The number of unbranched alkanes of at least 4 members (excludes halogenated alkanes) is 13. The Bertz CT molecular complexity index is 393. The van der Waals surface area contributed by atoms with Gasteiger partial charge in [0.2, 0.25) is 5.91 Å². The first-order valence-corrected chi connectivity index (χ1v) is 11.8. The summed E-state index contributed by atoms with van der Waals surface area (Å²) >= 11 is 0. The highest BCUT2D eigenvalue weighted by molar-refractivity contribution is 5.75. The highest BCUT2D eigenvalue weighted by Crippen LogP contribution is 2.10. The molecule has 0 rings (SSSR count). The second-order valence-electron chi connectivity index (χ2n) is 7.89. The van der Waals surface area contributed by atoms with Gasteiger partial charge in [-0.1, -0.05) is 76.9 Å². The third kappa shape index (κ3) is 22.7. The Labute approximate surface area is 173 Å². The van der Waals surface area contributed by atoms with Gasteiger partial charge in [0, 0.05) is 19.4 Å². The van der Waals surface area contributed by atoms with Crippen molar-refractivity contribution in [3.05, 3.63) is 12.2 Å². The summed E-state index contributed by atoms with van der Waals surface area (Å²) in [5.74, 6) is -0.607. The fourth-order valence-corrected chi connectivity index (χ4v) is 3.25. The fourth-order valence-electron chi connectivity index (χ4n) is 3.25. The lowest BCUT2D eigenvalue weighted by atomic mass is 10.1. The molecule has 0 spiro atoms. The van der Waals surface area contributed by atoms with Crippen molar-refractivity contribution < 1.29 is 14.7 Å². The predicted octanol–water partition coefficient (Wildman–Crippen LogP) is 6.79. The van der Waals surface area contributed by atoms with Crippen LogP contribution in [0.5, 0.6) is 0 Å². The zero-order valence-corrected chi connectivity index (χ0v) is 18.4. The molecule has 0 aliphatic carbocycles. The van der Waals surface area contributed by atoms with Gasteiger partial charge >= 0.3 is 5.97 Å². The van der Waals surface area contributed by atoms with Crippen LogP contribution in [-0.2, 0) is 9.59 Å². The monoisotopic (exact) mass is 395 g/mol. The first-order valence-electron chi connectivity index (χ1n) is 11.8. The lowest BCUT2D eigenvalue weighted by molar-refractivity contribution is -0.137. The van der Waals surface area contributed by atoms with E-state index in [1.807, 2.05) is 0 Å². The number of amides is 1. The van der Waals surface area contributed by atoms with E-state index in [1.54, 1.807) is 0 Å². The molecule has 1 amide bonds. The minimum absolute atomic E-state index is 0.135. The van der Waals surface area contributed by atoms with Crippen molar-refractivity contribution in [3.63, 3.8) is 0 Å². The summed E-state index contributed by atoms with van der Waals surface area (Å²) in [7, 11) is 0. The molecule has 2 N–H and O–H groups in total. The summed E-state index contributed by atoms with van der Waals surface area (Å²) < 4.78 is 0. The highest BCUT2D eigenvalue weighted by atomic mass is 16.4. The maximum absolute atomic E-state index is 11.7. The molecule has 0 heterocycles. The summed E-state index contributed by atoms with van der Waals surface area (Å²) in [6.07, 6.45) is 24.4. The molecule has 0 aliphatic rings. The SMILES string of the molecule is CCCCCCCC/C=C\CCCCCCCC(=O)NCCCCCC(=O)O. The second kappa shape index (κ2) is 22.0. The minimum atomic E-state index is -0.742. The largest absolute Gasteiger partial charge is 0.481 e. The Hall–Kier alpha value is -1.32. The van der Waals surface area contributed by atoms with Crippen molar-refractivity contribution in [2.45, 2.75) is 122 Å². The number of carboxylic acids is 1. The molecule has 0 radical (unpaired) electrons. The van der Waals surface area contributed by atoms with Crippen LogP contribution in [0.3, 0.4) is 0 Å². The zero-order chi connectivity index (χ0) is 20.7. The number of carboxylic acid groups (broad SMARTS) is 1. The molecule has 0 aromatic carbocycles. The average molecular weight is 396 g/mol. The minimum Gasteiger partial charge on any atom is -0.481 e. The highest BCUT2D eigenvalue weighted by Gasteiger charge is 2.01. The van der Waals surface area contributed by atoms with E-state index < -0.39 is 5.97 Å². The smallest absolute Gasteiger partial charge is 0.303 e. The number of rotatable bonds is 21. The number of carbonyl (C=O) groups excluding carboxylic acids is 1. The second-order valence-corrected chi connectivity index (χ2v) is 7.89. The van der Waals surface area contributed by atoms with E-state index in [0.29, 0.717) is 19.4 Å². The van der Waals surface area contributed by atoms with Crippen molar-refractivity contribution in [2.75, 3.05) is 6.54 Å².